The molecule has 0 bridgehead atoms. The van der Waals surface area contributed by atoms with Crippen LogP contribution in [0, 0.1) is 5.41 Å². The molecule has 1 aliphatic heterocycles. The van der Waals surface area contributed by atoms with Crippen LogP contribution in [0.15, 0.2) is 0 Å². The van der Waals surface area contributed by atoms with Crippen molar-refractivity contribution < 1.29 is 24.2 Å². The average Bonchev–Trinajstić information content (AvgIpc) is 2.29. The standard InChI is InChI=1S/C12H22N2O5/c1-12(2)6-18-10(19-7-12)3-4-14-8(11(16)17)5-9(13)15/h8,10,14H,3-7H2,1-2H3,(H2,13,15)(H,16,17). The lowest BCUT2D eigenvalue weighted by atomic mass is 9.95. The molecule has 1 saturated heterocycles. The van der Waals surface area contributed by atoms with Crippen molar-refractivity contribution in [2.24, 2.45) is 11.1 Å². The first-order valence-electron chi connectivity index (χ1n) is 6.28. The van der Waals surface area contributed by atoms with Gasteiger partial charge in [-0.15, -0.1) is 0 Å². The molecular weight excluding hydrogens is 252 g/mol. The third-order valence-electron chi connectivity index (χ3n) is 2.79. The van der Waals surface area contributed by atoms with Crippen LogP contribution >= 0.6 is 0 Å². The lowest BCUT2D eigenvalue weighted by molar-refractivity contribution is -0.223. The van der Waals surface area contributed by atoms with Gasteiger partial charge in [0.2, 0.25) is 5.91 Å². The summed E-state index contributed by atoms with van der Waals surface area (Å²) >= 11 is 0. The summed E-state index contributed by atoms with van der Waals surface area (Å²) in [5.74, 6) is -1.74. The monoisotopic (exact) mass is 274 g/mol. The molecule has 0 radical (unpaired) electrons. The van der Waals surface area contributed by atoms with E-state index in [2.05, 4.69) is 19.2 Å². The van der Waals surface area contributed by atoms with Crippen molar-refractivity contribution in [1.29, 1.82) is 0 Å². The summed E-state index contributed by atoms with van der Waals surface area (Å²) in [5.41, 5.74) is 5.00. The summed E-state index contributed by atoms with van der Waals surface area (Å²) < 4.78 is 11.0. The summed E-state index contributed by atoms with van der Waals surface area (Å²) in [4.78, 5) is 21.6. The van der Waals surface area contributed by atoms with Crippen molar-refractivity contribution in [3.63, 3.8) is 0 Å². The number of carbonyl (C=O) groups is 2. The number of rotatable bonds is 7. The molecule has 4 N–H and O–H groups in total. The molecular formula is C12H22N2O5. The minimum atomic E-state index is -1.09. The quantitative estimate of drug-likeness (QED) is 0.587. The maximum absolute atomic E-state index is 10.9. The minimum absolute atomic E-state index is 0.0134. The van der Waals surface area contributed by atoms with E-state index in [1.165, 1.54) is 0 Å². The number of nitrogens with one attached hydrogen (secondary N) is 1. The fourth-order valence-electron chi connectivity index (χ4n) is 1.72. The Kier molecular flexibility index (Phi) is 5.71. The van der Waals surface area contributed by atoms with Gasteiger partial charge in [0, 0.05) is 18.4 Å². The number of carboxylic acid groups (broad SMARTS) is 1. The van der Waals surface area contributed by atoms with Crippen LogP contribution in [0.5, 0.6) is 0 Å². The lowest BCUT2D eigenvalue weighted by Gasteiger charge is -2.34. The van der Waals surface area contributed by atoms with Crippen molar-refractivity contribution in [2.45, 2.75) is 39.0 Å². The zero-order chi connectivity index (χ0) is 14.5. The van der Waals surface area contributed by atoms with Gasteiger partial charge in [0.05, 0.1) is 19.6 Å². The van der Waals surface area contributed by atoms with Crippen molar-refractivity contribution in [3.8, 4) is 0 Å². The van der Waals surface area contributed by atoms with E-state index in [4.69, 9.17) is 20.3 Å². The highest BCUT2D eigenvalue weighted by Gasteiger charge is 2.28. The Balaban J connectivity index is 2.25. The van der Waals surface area contributed by atoms with Gasteiger partial charge in [-0.2, -0.15) is 0 Å². The summed E-state index contributed by atoms with van der Waals surface area (Å²) in [5, 5.41) is 11.7. The predicted molar refractivity (Wildman–Crippen MR) is 67.3 cm³/mol. The van der Waals surface area contributed by atoms with Crippen LogP contribution < -0.4 is 11.1 Å². The highest BCUT2D eigenvalue weighted by molar-refractivity contribution is 5.83. The van der Waals surface area contributed by atoms with Crippen molar-refractivity contribution in [1.82, 2.24) is 5.32 Å². The van der Waals surface area contributed by atoms with E-state index in [-0.39, 0.29) is 18.1 Å². The van der Waals surface area contributed by atoms with Crippen molar-refractivity contribution in [3.05, 3.63) is 0 Å². The Labute approximate surface area is 112 Å². The Bertz CT molecular complexity index is 322. The fraction of sp³-hybridized carbons (Fsp3) is 0.833. The van der Waals surface area contributed by atoms with Gasteiger partial charge in [0.25, 0.3) is 0 Å². The molecule has 1 unspecified atom stereocenters. The summed E-state index contributed by atoms with van der Waals surface area (Å²) in [6, 6.07) is -0.961. The number of nitrogens with two attached hydrogens (primary N) is 1. The Morgan fingerprint density at radius 2 is 2.00 bits per heavy atom. The zero-order valence-corrected chi connectivity index (χ0v) is 11.3. The smallest absolute Gasteiger partial charge is 0.321 e. The molecule has 0 spiro atoms. The maximum atomic E-state index is 10.9. The van der Waals surface area contributed by atoms with Gasteiger partial charge in [0.15, 0.2) is 6.29 Å². The Morgan fingerprint density at radius 1 is 1.42 bits per heavy atom. The van der Waals surface area contributed by atoms with Crippen molar-refractivity contribution >= 4 is 11.9 Å². The molecule has 1 rings (SSSR count). The summed E-state index contributed by atoms with van der Waals surface area (Å²) in [6.45, 7) is 5.71. The van der Waals surface area contributed by atoms with Crippen LogP contribution in [0.3, 0.4) is 0 Å². The number of carboxylic acids is 1. The Morgan fingerprint density at radius 3 is 2.47 bits per heavy atom. The molecule has 0 aliphatic carbocycles. The van der Waals surface area contributed by atoms with Crippen LogP contribution in [-0.4, -0.2) is 49.1 Å². The number of aliphatic carboxylic acids is 1. The van der Waals surface area contributed by atoms with Crippen LogP contribution in [-0.2, 0) is 19.1 Å². The van der Waals surface area contributed by atoms with E-state index in [0.29, 0.717) is 26.2 Å². The largest absolute Gasteiger partial charge is 0.480 e. The number of ether oxygens (including phenoxy) is 2. The number of carbonyl (C=O) groups excluding carboxylic acids is 1. The topological polar surface area (TPSA) is 111 Å². The molecule has 1 heterocycles. The van der Waals surface area contributed by atoms with Gasteiger partial charge in [0.1, 0.15) is 6.04 Å². The van der Waals surface area contributed by atoms with Crippen LogP contribution in [0.2, 0.25) is 0 Å². The SMILES string of the molecule is CC1(C)COC(CCNC(CC(N)=O)C(=O)O)OC1. The molecule has 0 aromatic carbocycles. The normalized spacial score (nSPS) is 20.9. The lowest BCUT2D eigenvalue weighted by Crippen LogP contribution is -2.43. The highest BCUT2D eigenvalue weighted by Crippen LogP contribution is 2.23. The first-order chi connectivity index (χ1) is 8.80. The van der Waals surface area contributed by atoms with E-state index < -0.39 is 17.9 Å². The van der Waals surface area contributed by atoms with Gasteiger partial charge >= 0.3 is 5.97 Å². The summed E-state index contributed by atoms with van der Waals surface area (Å²) in [6.07, 6.45) is -0.0311. The molecule has 7 heteroatoms. The van der Waals surface area contributed by atoms with E-state index >= 15 is 0 Å². The second-order valence-corrected chi connectivity index (χ2v) is 5.52. The predicted octanol–water partition coefficient (Wildman–Crippen LogP) is -0.306. The molecule has 0 saturated carbocycles. The molecule has 19 heavy (non-hydrogen) atoms. The first-order valence-corrected chi connectivity index (χ1v) is 6.28. The van der Waals surface area contributed by atoms with Gasteiger partial charge in [-0.25, -0.2) is 0 Å². The zero-order valence-electron chi connectivity index (χ0n) is 11.3. The molecule has 0 aromatic heterocycles. The molecule has 1 atom stereocenters. The molecule has 7 nitrogen and oxygen atoms in total. The van der Waals surface area contributed by atoms with Gasteiger partial charge in [-0.3, -0.25) is 9.59 Å². The molecule has 1 fully saturated rings. The van der Waals surface area contributed by atoms with Gasteiger partial charge < -0.3 is 25.6 Å². The third kappa shape index (κ3) is 6.00. The number of primary amides is 1. The maximum Gasteiger partial charge on any atom is 0.321 e. The molecule has 1 amide bonds. The van der Waals surface area contributed by atoms with Crippen LogP contribution in [0.1, 0.15) is 26.7 Å². The van der Waals surface area contributed by atoms with Gasteiger partial charge in [-0.1, -0.05) is 13.8 Å². The third-order valence-corrected chi connectivity index (χ3v) is 2.79. The van der Waals surface area contributed by atoms with Crippen LogP contribution in [0.4, 0.5) is 0 Å². The highest BCUT2D eigenvalue weighted by atomic mass is 16.7. The van der Waals surface area contributed by atoms with E-state index in [1.54, 1.807) is 0 Å². The second-order valence-electron chi connectivity index (χ2n) is 5.52. The van der Waals surface area contributed by atoms with E-state index in [9.17, 15) is 9.59 Å². The molecule has 0 aromatic rings. The number of hydrogen-bond acceptors (Lipinski definition) is 5. The summed E-state index contributed by atoms with van der Waals surface area (Å²) in [7, 11) is 0. The minimum Gasteiger partial charge on any atom is -0.480 e. The average molecular weight is 274 g/mol. The second kappa shape index (κ2) is 6.83. The number of hydrogen-bond donors (Lipinski definition) is 3. The van der Waals surface area contributed by atoms with Crippen molar-refractivity contribution in [2.75, 3.05) is 19.8 Å². The molecule has 110 valence electrons. The van der Waals surface area contributed by atoms with E-state index in [1.807, 2.05) is 0 Å². The fourth-order valence-corrected chi connectivity index (χ4v) is 1.72. The van der Waals surface area contributed by atoms with Gasteiger partial charge in [-0.05, 0) is 0 Å². The Hall–Kier alpha value is -1.18. The van der Waals surface area contributed by atoms with Crippen LogP contribution in [0.25, 0.3) is 0 Å². The number of amides is 1. The van der Waals surface area contributed by atoms with E-state index in [0.717, 1.165) is 0 Å². The molecule has 1 aliphatic rings. The first kappa shape index (κ1) is 15.9.